The average molecular weight is 309 g/mol. The van der Waals surface area contributed by atoms with Crippen molar-refractivity contribution in [3.05, 3.63) is 34.7 Å². The highest BCUT2D eigenvalue weighted by Gasteiger charge is 2.27. The van der Waals surface area contributed by atoms with Crippen LogP contribution in [-0.4, -0.2) is 29.1 Å². The van der Waals surface area contributed by atoms with Crippen LogP contribution in [0.5, 0.6) is 0 Å². The molecule has 2 rings (SSSR count). The summed E-state index contributed by atoms with van der Waals surface area (Å²) < 4.78 is 5.40. The summed E-state index contributed by atoms with van der Waals surface area (Å²) >= 11 is 1.28. The minimum Gasteiger partial charge on any atom is -0.463 e. The van der Waals surface area contributed by atoms with Gasteiger partial charge in [0.25, 0.3) is 5.91 Å². The predicted octanol–water partition coefficient (Wildman–Crippen LogP) is 2.11. The zero-order chi connectivity index (χ0) is 15.5. The van der Waals surface area contributed by atoms with Crippen molar-refractivity contribution < 1.29 is 14.3 Å². The van der Waals surface area contributed by atoms with E-state index in [9.17, 15) is 9.90 Å². The molecule has 0 aliphatic rings. The number of thiazole rings is 1. The Morgan fingerprint density at radius 2 is 2.29 bits per heavy atom. The largest absolute Gasteiger partial charge is 0.463 e. The average Bonchev–Trinajstić information content (AvgIpc) is 3.06. The zero-order valence-corrected chi connectivity index (χ0v) is 13.1. The summed E-state index contributed by atoms with van der Waals surface area (Å²) in [7, 11) is 0. The van der Waals surface area contributed by atoms with Crippen LogP contribution in [0.4, 0.5) is 5.13 Å². The predicted molar refractivity (Wildman–Crippen MR) is 81.6 cm³/mol. The van der Waals surface area contributed by atoms with E-state index < -0.39 is 5.60 Å². The van der Waals surface area contributed by atoms with Gasteiger partial charge in [-0.25, -0.2) is 4.98 Å². The van der Waals surface area contributed by atoms with Crippen LogP contribution in [0.15, 0.2) is 22.7 Å². The lowest BCUT2D eigenvalue weighted by molar-refractivity contribution is 0.0324. The number of aliphatic hydroxyl groups is 1. The van der Waals surface area contributed by atoms with Crippen molar-refractivity contribution in [3.8, 4) is 0 Å². The number of aromatic nitrogens is 1. The molecular formula is C14H19N3O3S. The van der Waals surface area contributed by atoms with Crippen LogP contribution in [0.1, 0.15) is 35.0 Å². The maximum absolute atomic E-state index is 12.0. The number of amides is 1. The lowest BCUT2D eigenvalue weighted by atomic mass is 10.0. The Balaban J connectivity index is 1.96. The third-order valence-electron chi connectivity index (χ3n) is 2.92. The van der Waals surface area contributed by atoms with E-state index in [1.165, 1.54) is 17.5 Å². The summed E-state index contributed by atoms with van der Waals surface area (Å²) in [5.41, 5.74) is -1.25. The fraction of sp³-hybridized carbons (Fsp3) is 0.429. The van der Waals surface area contributed by atoms with E-state index in [4.69, 9.17) is 4.42 Å². The number of nitrogens with zero attached hydrogens (tertiary/aromatic N) is 1. The van der Waals surface area contributed by atoms with Gasteiger partial charge in [-0.05, 0) is 32.9 Å². The van der Waals surface area contributed by atoms with Crippen LogP contribution in [0.3, 0.4) is 0 Å². The molecule has 0 fully saturated rings. The quantitative estimate of drug-likeness (QED) is 0.761. The summed E-state index contributed by atoms with van der Waals surface area (Å²) in [5, 5.41) is 16.8. The second-order valence-electron chi connectivity index (χ2n) is 4.93. The van der Waals surface area contributed by atoms with E-state index >= 15 is 0 Å². The molecule has 2 heterocycles. The lowest BCUT2D eigenvalue weighted by Crippen LogP contribution is -2.38. The molecule has 0 saturated heterocycles. The van der Waals surface area contributed by atoms with Crippen LogP contribution in [0.2, 0.25) is 0 Å². The van der Waals surface area contributed by atoms with E-state index in [1.54, 1.807) is 26.0 Å². The van der Waals surface area contributed by atoms with Gasteiger partial charge in [-0.1, -0.05) is 11.3 Å². The summed E-state index contributed by atoms with van der Waals surface area (Å²) in [6.07, 6.45) is 1.52. The minimum absolute atomic E-state index is 0.0627. The van der Waals surface area contributed by atoms with Gasteiger partial charge in [0, 0.05) is 6.54 Å². The first-order chi connectivity index (χ1) is 9.92. The Hall–Kier alpha value is -1.86. The van der Waals surface area contributed by atoms with Crippen molar-refractivity contribution in [1.29, 1.82) is 0 Å². The number of rotatable bonds is 6. The highest BCUT2D eigenvalue weighted by Crippen LogP contribution is 2.23. The van der Waals surface area contributed by atoms with Gasteiger partial charge >= 0.3 is 0 Å². The van der Waals surface area contributed by atoms with Crippen molar-refractivity contribution in [2.75, 3.05) is 18.4 Å². The number of carbonyl (C=O) groups excluding carboxylic acids is 1. The highest BCUT2D eigenvalue weighted by molar-refractivity contribution is 7.17. The molecule has 0 radical (unpaired) electrons. The second kappa shape index (κ2) is 6.28. The smallest absolute Gasteiger partial charge is 0.263 e. The number of furan rings is 1. The fourth-order valence-corrected chi connectivity index (χ4v) is 2.56. The Labute approximate surface area is 127 Å². The molecule has 6 nitrogen and oxygen atoms in total. The molecule has 0 bridgehead atoms. The fourth-order valence-electron chi connectivity index (χ4n) is 1.76. The molecule has 0 aliphatic carbocycles. The van der Waals surface area contributed by atoms with Crippen LogP contribution in [0, 0.1) is 6.92 Å². The van der Waals surface area contributed by atoms with Crippen molar-refractivity contribution in [3.63, 3.8) is 0 Å². The van der Waals surface area contributed by atoms with Gasteiger partial charge in [0.1, 0.15) is 22.0 Å². The Kier molecular flexibility index (Phi) is 4.64. The molecule has 0 spiro atoms. The van der Waals surface area contributed by atoms with Gasteiger partial charge in [0.05, 0.1) is 12.7 Å². The molecule has 3 N–H and O–H groups in total. The molecule has 0 aliphatic heterocycles. The lowest BCUT2D eigenvalue weighted by Gasteiger charge is -2.20. The summed E-state index contributed by atoms with van der Waals surface area (Å²) in [6.45, 7) is 6.18. The van der Waals surface area contributed by atoms with E-state index in [1.807, 2.05) is 6.92 Å². The van der Waals surface area contributed by atoms with Gasteiger partial charge in [0.2, 0.25) is 0 Å². The third-order valence-corrected chi connectivity index (χ3v) is 3.88. The number of hydrogen-bond acceptors (Lipinski definition) is 6. The molecular weight excluding hydrogens is 290 g/mol. The minimum atomic E-state index is -1.25. The molecule has 2 aromatic heterocycles. The van der Waals surface area contributed by atoms with Gasteiger partial charge in [-0.2, -0.15) is 0 Å². The number of hydrogen-bond donors (Lipinski definition) is 3. The molecule has 7 heteroatoms. The maximum atomic E-state index is 12.0. The normalized spacial score (nSPS) is 13.7. The monoisotopic (exact) mass is 309 g/mol. The van der Waals surface area contributed by atoms with Crippen molar-refractivity contribution >= 4 is 22.4 Å². The van der Waals surface area contributed by atoms with Crippen molar-refractivity contribution in [2.24, 2.45) is 0 Å². The SMILES string of the molecule is CCNc1ncc(C(=O)NCC(C)(O)c2ccc(C)o2)s1. The first kappa shape index (κ1) is 15.5. The first-order valence-corrected chi connectivity index (χ1v) is 7.51. The van der Waals surface area contributed by atoms with Crippen LogP contribution in [0.25, 0.3) is 0 Å². The number of nitrogens with one attached hydrogen (secondary N) is 2. The molecule has 0 aromatic carbocycles. The molecule has 2 aromatic rings. The molecule has 1 atom stereocenters. The molecule has 1 unspecified atom stereocenters. The van der Waals surface area contributed by atoms with Gasteiger partial charge in [-0.3, -0.25) is 4.79 Å². The Morgan fingerprint density at radius 3 is 2.90 bits per heavy atom. The standard InChI is InChI=1S/C14H19N3O3S/c1-4-15-13-16-7-10(21-13)12(18)17-8-14(3,19)11-6-5-9(2)20-11/h5-7,19H,4,8H2,1-3H3,(H,15,16)(H,17,18). The molecule has 114 valence electrons. The van der Waals surface area contributed by atoms with Crippen molar-refractivity contribution in [1.82, 2.24) is 10.3 Å². The molecule has 0 saturated carbocycles. The van der Waals surface area contributed by atoms with Gasteiger partial charge < -0.3 is 20.2 Å². The summed E-state index contributed by atoms with van der Waals surface area (Å²) in [6, 6.07) is 3.48. The summed E-state index contributed by atoms with van der Waals surface area (Å²) in [5.74, 6) is 0.882. The molecule has 1 amide bonds. The van der Waals surface area contributed by atoms with E-state index in [0.29, 0.717) is 21.5 Å². The van der Waals surface area contributed by atoms with Gasteiger partial charge in [0.15, 0.2) is 5.13 Å². The van der Waals surface area contributed by atoms with Crippen LogP contribution in [-0.2, 0) is 5.60 Å². The summed E-state index contributed by atoms with van der Waals surface area (Å²) in [4.78, 5) is 16.6. The number of anilines is 1. The van der Waals surface area contributed by atoms with E-state index in [2.05, 4.69) is 15.6 Å². The van der Waals surface area contributed by atoms with Crippen LogP contribution >= 0.6 is 11.3 Å². The number of carbonyl (C=O) groups is 1. The third kappa shape index (κ3) is 3.83. The maximum Gasteiger partial charge on any atom is 0.263 e. The zero-order valence-electron chi connectivity index (χ0n) is 12.3. The first-order valence-electron chi connectivity index (χ1n) is 6.69. The molecule has 21 heavy (non-hydrogen) atoms. The van der Waals surface area contributed by atoms with Gasteiger partial charge in [-0.15, -0.1) is 0 Å². The van der Waals surface area contributed by atoms with Crippen LogP contribution < -0.4 is 10.6 Å². The second-order valence-corrected chi connectivity index (χ2v) is 5.96. The highest BCUT2D eigenvalue weighted by atomic mass is 32.1. The Morgan fingerprint density at radius 1 is 1.52 bits per heavy atom. The Bertz CT molecular complexity index is 619. The van der Waals surface area contributed by atoms with Crippen molar-refractivity contribution in [2.45, 2.75) is 26.4 Å². The topological polar surface area (TPSA) is 87.4 Å². The van der Waals surface area contributed by atoms with E-state index in [-0.39, 0.29) is 12.5 Å². The van der Waals surface area contributed by atoms with E-state index in [0.717, 1.165) is 6.54 Å². The number of aryl methyl sites for hydroxylation is 1.